The van der Waals surface area contributed by atoms with Crippen molar-refractivity contribution in [1.82, 2.24) is 9.97 Å². The molecule has 1 saturated carbocycles. The lowest BCUT2D eigenvalue weighted by Crippen LogP contribution is -2.19. The first kappa shape index (κ1) is 14.8. The van der Waals surface area contributed by atoms with Gasteiger partial charge in [-0.05, 0) is 10.8 Å². The number of alkyl halides is 3. The molecule has 0 aromatic carbocycles. The summed E-state index contributed by atoms with van der Waals surface area (Å²) < 4.78 is 38.2. The van der Waals surface area contributed by atoms with Crippen molar-refractivity contribution in [2.45, 2.75) is 39.9 Å². The Morgan fingerprint density at radius 1 is 1.10 bits per heavy atom. The van der Waals surface area contributed by atoms with Gasteiger partial charge in [0.25, 0.3) is 0 Å². The maximum absolute atomic E-state index is 12.7. The Morgan fingerprint density at radius 2 is 1.60 bits per heavy atom. The highest BCUT2D eigenvalue weighted by atomic mass is 19.4. The Kier molecular flexibility index (Phi) is 3.12. The number of nitrogens with one attached hydrogen (secondary N) is 2. The number of rotatable bonds is 3. The molecular formula is C12H18F3N5. The highest BCUT2D eigenvalue weighted by molar-refractivity contribution is 5.50. The van der Waals surface area contributed by atoms with E-state index in [1.54, 1.807) is 0 Å². The van der Waals surface area contributed by atoms with E-state index in [0.717, 1.165) is 0 Å². The smallest absolute Gasteiger partial charge is 0.366 e. The van der Waals surface area contributed by atoms with Crippen molar-refractivity contribution in [3.05, 3.63) is 11.9 Å². The lowest BCUT2D eigenvalue weighted by atomic mass is 10.0. The third kappa shape index (κ3) is 2.28. The molecule has 0 aliphatic heterocycles. The van der Waals surface area contributed by atoms with Gasteiger partial charge in [0.15, 0.2) is 0 Å². The van der Waals surface area contributed by atoms with Crippen LogP contribution in [0.1, 0.15) is 33.5 Å². The second kappa shape index (κ2) is 4.21. The molecule has 1 aliphatic rings. The van der Waals surface area contributed by atoms with Crippen molar-refractivity contribution in [3.8, 4) is 0 Å². The molecular weight excluding hydrogens is 271 g/mol. The maximum atomic E-state index is 12.7. The number of hydrogen-bond donors (Lipinski definition) is 3. The van der Waals surface area contributed by atoms with E-state index in [0.29, 0.717) is 0 Å². The van der Waals surface area contributed by atoms with Gasteiger partial charge in [-0.3, -0.25) is 0 Å². The van der Waals surface area contributed by atoms with Gasteiger partial charge in [-0.25, -0.2) is 15.8 Å². The van der Waals surface area contributed by atoms with E-state index < -0.39 is 12.0 Å². The Hall–Kier alpha value is -1.57. The normalized spacial score (nSPS) is 20.6. The summed E-state index contributed by atoms with van der Waals surface area (Å²) in [7, 11) is 0. The average molecular weight is 289 g/mol. The molecule has 1 aliphatic carbocycles. The van der Waals surface area contributed by atoms with Gasteiger partial charge in [-0.15, -0.1) is 0 Å². The zero-order valence-electron chi connectivity index (χ0n) is 11.8. The zero-order chi connectivity index (χ0) is 15.3. The average Bonchev–Trinajstić information content (AvgIpc) is 2.70. The van der Waals surface area contributed by atoms with Crippen molar-refractivity contribution in [2.24, 2.45) is 16.7 Å². The van der Waals surface area contributed by atoms with Gasteiger partial charge in [0.05, 0.1) is 0 Å². The Morgan fingerprint density at radius 3 is 2.00 bits per heavy atom. The summed E-state index contributed by atoms with van der Waals surface area (Å²) >= 11 is 0. The lowest BCUT2D eigenvalue weighted by Gasteiger charge is -2.12. The zero-order valence-corrected chi connectivity index (χ0v) is 11.8. The SMILES string of the molecule is CC1(C)C(Nc2cc(NN)nc(C(F)(F)F)n2)C1(C)C. The van der Waals surface area contributed by atoms with Gasteiger partial charge in [0.1, 0.15) is 11.6 Å². The number of hydrazine groups is 1. The van der Waals surface area contributed by atoms with E-state index in [2.05, 4.69) is 48.4 Å². The first-order valence-corrected chi connectivity index (χ1v) is 6.19. The van der Waals surface area contributed by atoms with E-state index in [1.165, 1.54) is 6.07 Å². The van der Waals surface area contributed by atoms with E-state index in [4.69, 9.17) is 5.84 Å². The van der Waals surface area contributed by atoms with Gasteiger partial charge in [0, 0.05) is 12.1 Å². The summed E-state index contributed by atoms with van der Waals surface area (Å²) in [5.74, 6) is 3.97. The van der Waals surface area contributed by atoms with Crippen molar-refractivity contribution in [2.75, 3.05) is 10.7 Å². The Bertz CT molecular complexity index is 510. The summed E-state index contributed by atoms with van der Waals surface area (Å²) in [4.78, 5) is 6.83. The Balaban J connectivity index is 2.30. The molecule has 0 atom stereocenters. The lowest BCUT2D eigenvalue weighted by molar-refractivity contribution is -0.144. The topological polar surface area (TPSA) is 75.9 Å². The van der Waals surface area contributed by atoms with Crippen LogP contribution < -0.4 is 16.6 Å². The second-order valence-electron chi connectivity index (χ2n) is 6.12. The summed E-state index contributed by atoms with van der Waals surface area (Å²) in [6.07, 6.45) is -4.61. The number of anilines is 2. The molecule has 112 valence electrons. The van der Waals surface area contributed by atoms with Crippen molar-refractivity contribution >= 4 is 11.6 Å². The largest absolute Gasteiger partial charge is 0.451 e. The standard InChI is InChI=1S/C12H18F3N5/c1-10(2)8(11(10,3)4)17-6-5-7(20-16)19-9(18-6)12(13,14)15/h5,8H,16H2,1-4H3,(H2,17,18,19,20). The molecule has 0 saturated heterocycles. The van der Waals surface area contributed by atoms with Crippen LogP contribution in [0, 0.1) is 10.8 Å². The van der Waals surface area contributed by atoms with Gasteiger partial charge in [-0.2, -0.15) is 13.2 Å². The number of nitrogens with two attached hydrogens (primary N) is 1. The minimum Gasteiger partial charge on any atom is -0.366 e. The third-order valence-corrected chi connectivity index (χ3v) is 4.44. The van der Waals surface area contributed by atoms with Crippen LogP contribution in [0.2, 0.25) is 0 Å². The summed E-state index contributed by atoms with van der Waals surface area (Å²) in [5.41, 5.74) is 2.08. The minimum atomic E-state index is -4.61. The molecule has 8 heteroatoms. The first-order valence-electron chi connectivity index (χ1n) is 6.19. The summed E-state index contributed by atoms with van der Waals surface area (Å²) in [6.45, 7) is 8.22. The summed E-state index contributed by atoms with van der Waals surface area (Å²) in [5, 5.41) is 3.04. The quantitative estimate of drug-likeness (QED) is 0.589. The fraction of sp³-hybridized carbons (Fsp3) is 0.667. The molecule has 1 aromatic heterocycles. The molecule has 1 aromatic rings. The molecule has 0 unspecified atom stereocenters. The van der Waals surface area contributed by atoms with E-state index in [9.17, 15) is 13.2 Å². The maximum Gasteiger partial charge on any atom is 0.451 e. The van der Waals surface area contributed by atoms with Crippen LogP contribution in [0.3, 0.4) is 0 Å². The predicted molar refractivity (Wildman–Crippen MR) is 69.8 cm³/mol. The number of aromatic nitrogens is 2. The minimum absolute atomic E-state index is 0.0212. The molecule has 20 heavy (non-hydrogen) atoms. The van der Waals surface area contributed by atoms with Crippen LogP contribution in [-0.2, 0) is 6.18 Å². The monoisotopic (exact) mass is 289 g/mol. The number of nitrogens with zero attached hydrogens (tertiary/aromatic N) is 2. The molecule has 2 rings (SSSR count). The molecule has 0 radical (unpaired) electrons. The van der Waals surface area contributed by atoms with Gasteiger partial charge < -0.3 is 10.7 Å². The van der Waals surface area contributed by atoms with Gasteiger partial charge in [-0.1, -0.05) is 27.7 Å². The van der Waals surface area contributed by atoms with Crippen LogP contribution in [0.4, 0.5) is 24.8 Å². The highest BCUT2D eigenvalue weighted by Crippen LogP contribution is 2.63. The van der Waals surface area contributed by atoms with Crippen LogP contribution in [0.5, 0.6) is 0 Å². The molecule has 1 heterocycles. The number of nitrogen functional groups attached to an aromatic ring is 1. The first-order chi connectivity index (χ1) is 9.00. The van der Waals surface area contributed by atoms with E-state index in [-0.39, 0.29) is 28.5 Å². The van der Waals surface area contributed by atoms with Crippen LogP contribution in [0.25, 0.3) is 0 Å². The van der Waals surface area contributed by atoms with Crippen LogP contribution in [0.15, 0.2) is 6.07 Å². The fourth-order valence-electron chi connectivity index (χ4n) is 2.43. The van der Waals surface area contributed by atoms with E-state index >= 15 is 0 Å². The van der Waals surface area contributed by atoms with Gasteiger partial charge >= 0.3 is 6.18 Å². The molecule has 0 amide bonds. The third-order valence-electron chi connectivity index (χ3n) is 4.44. The molecule has 1 fully saturated rings. The van der Waals surface area contributed by atoms with Crippen molar-refractivity contribution < 1.29 is 13.2 Å². The fourth-order valence-corrected chi connectivity index (χ4v) is 2.43. The molecule has 0 bridgehead atoms. The van der Waals surface area contributed by atoms with Crippen molar-refractivity contribution in [1.29, 1.82) is 0 Å². The van der Waals surface area contributed by atoms with Gasteiger partial charge in [0.2, 0.25) is 5.82 Å². The molecule has 0 spiro atoms. The number of halogens is 3. The summed E-state index contributed by atoms with van der Waals surface area (Å²) in [6, 6.07) is 1.40. The number of hydrogen-bond acceptors (Lipinski definition) is 5. The highest BCUT2D eigenvalue weighted by Gasteiger charge is 2.65. The second-order valence-corrected chi connectivity index (χ2v) is 6.12. The Labute approximate surface area is 115 Å². The van der Waals surface area contributed by atoms with E-state index in [1.807, 2.05) is 0 Å². The van der Waals surface area contributed by atoms with Crippen LogP contribution in [-0.4, -0.2) is 16.0 Å². The molecule has 4 N–H and O–H groups in total. The predicted octanol–water partition coefficient (Wildman–Crippen LogP) is 2.63. The molecule has 5 nitrogen and oxygen atoms in total. The van der Waals surface area contributed by atoms with Crippen LogP contribution >= 0.6 is 0 Å². The van der Waals surface area contributed by atoms with Crippen molar-refractivity contribution in [3.63, 3.8) is 0 Å².